The average Bonchev–Trinajstić information content (AvgIpc) is 2.29. The van der Waals surface area contributed by atoms with Gasteiger partial charge in [-0.1, -0.05) is 17.8 Å². The van der Waals surface area contributed by atoms with Crippen LogP contribution in [0.4, 0.5) is 0 Å². The molecule has 0 fully saturated rings. The highest BCUT2D eigenvalue weighted by Crippen LogP contribution is 2.26. The SMILES string of the molecule is Cc1cc(Sc2cccc(C(=O)O)c2)ncn1. The van der Waals surface area contributed by atoms with Crippen molar-refractivity contribution in [2.45, 2.75) is 16.8 Å². The Bertz CT molecular complexity index is 558. The minimum absolute atomic E-state index is 0.278. The number of rotatable bonds is 3. The van der Waals surface area contributed by atoms with Crippen molar-refractivity contribution in [2.75, 3.05) is 0 Å². The van der Waals surface area contributed by atoms with E-state index in [2.05, 4.69) is 9.97 Å². The highest BCUT2D eigenvalue weighted by molar-refractivity contribution is 7.99. The molecule has 0 unspecified atom stereocenters. The minimum Gasteiger partial charge on any atom is -0.478 e. The van der Waals surface area contributed by atoms with Gasteiger partial charge in [-0.3, -0.25) is 0 Å². The lowest BCUT2D eigenvalue weighted by atomic mass is 10.2. The van der Waals surface area contributed by atoms with Gasteiger partial charge in [-0.05, 0) is 31.2 Å². The summed E-state index contributed by atoms with van der Waals surface area (Å²) in [4.78, 5) is 19.8. The lowest BCUT2D eigenvalue weighted by Gasteiger charge is -2.02. The zero-order valence-corrected chi connectivity index (χ0v) is 9.94. The van der Waals surface area contributed by atoms with E-state index in [4.69, 9.17) is 5.11 Å². The molecule has 0 radical (unpaired) electrons. The second-order valence-electron chi connectivity index (χ2n) is 3.43. The summed E-state index contributed by atoms with van der Waals surface area (Å²) < 4.78 is 0. The number of hydrogen-bond acceptors (Lipinski definition) is 4. The van der Waals surface area contributed by atoms with Crippen LogP contribution in [-0.2, 0) is 0 Å². The number of carboxylic acid groups (broad SMARTS) is 1. The summed E-state index contributed by atoms with van der Waals surface area (Å²) in [6.07, 6.45) is 1.50. The molecule has 0 bridgehead atoms. The van der Waals surface area contributed by atoms with Crippen LogP contribution < -0.4 is 0 Å². The fourth-order valence-electron chi connectivity index (χ4n) is 1.30. The summed E-state index contributed by atoms with van der Waals surface area (Å²) in [5, 5.41) is 9.69. The van der Waals surface area contributed by atoms with Crippen molar-refractivity contribution >= 4 is 17.7 Å². The van der Waals surface area contributed by atoms with E-state index in [0.29, 0.717) is 0 Å². The van der Waals surface area contributed by atoms with Gasteiger partial charge in [0.1, 0.15) is 11.4 Å². The average molecular weight is 246 g/mol. The molecular formula is C12H10N2O2S. The fourth-order valence-corrected chi connectivity index (χ4v) is 2.20. The molecule has 0 saturated heterocycles. The molecular weight excluding hydrogens is 236 g/mol. The van der Waals surface area contributed by atoms with E-state index in [1.807, 2.05) is 19.1 Å². The van der Waals surface area contributed by atoms with Crippen LogP contribution in [0.15, 0.2) is 46.6 Å². The van der Waals surface area contributed by atoms with Crippen molar-refractivity contribution in [3.05, 3.63) is 47.9 Å². The number of nitrogens with zero attached hydrogens (tertiary/aromatic N) is 2. The largest absolute Gasteiger partial charge is 0.478 e. The van der Waals surface area contributed by atoms with Crippen molar-refractivity contribution < 1.29 is 9.90 Å². The van der Waals surface area contributed by atoms with Gasteiger partial charge in [-0.2, -0.15) is 0 Å². The van der Waals surface area contributed by atoms with Gasteiger partial charge in [0.15, 0.2) is 0 Å². The predicted molar refractivity (Wildman–Crippen MR) is 64.3 cm³/mol. The third kappa shape index (κ3) is 3.04. The van der Waals surface area contributed by atoms with Crippen molar-refractivity contribution in [1.82, 2.24) is 9.97 Å². The molecule has 0 spiro atoms. The van der Waals surface area contributed by atoms with Crippen LogP contribution in [-0.4, -0.2) is 21.0 Å². The molecule has 0 aliphatic carbocycles. The molecule has 0 aliphatic heterocycles. The highest BCUT2D eigenvalue weighted by atomic mass is 32.2. The number of aryl methyl sites for hydroxylation is 1. The Morgan fingerprint density at radius 3 is 2.82 bits per heavy atom. The van der Waals surface area contributed by atoms with Crippen LogP contribution in [0.3, 0.4) is 0 Å². The number of carbonyl (C=O) groups is 1. The van der Waals surface area contributed by atoms with Crippen LogP contribution in [0.5, 0.6) is 0 Å². The quantitative estimate of drug-likeness (QED) is 0.843. The Morgan fingerprint density at radius 1 is 1.29 bits per heavy atom. The molecule has 0 aliphatic rings. The van der Waals surface area contributed by atoms with Crippen LogP contribution in [0.25, 0.3) is 0 Å². The summed E-state index contributed by atoms with van der Waals surface area (Å²) in [6.45, 7) is 1.89. The molecule has 1 N–H and O–H groups in total. The maximum Gasteiger partial charge on any atom is 0.335 e. The van der Waals surface area contributed by atoms with E-state index in [9.17, 15) is 4.79 Å². The molecule has 2 aromatic rings. The zero-order valence-electron chi connectivity index (χ0n) is 9.12. The maximum atomic E-state index is 10.8. The van der Waals surface area contributed by atoms with Crippen molar-refractivity contribution in [3.8, 4) is 0 Å². The first kappa shape index (κ1) is 11.6. The third-order valence-corrected chi connectivity index (χ3v) is 3.00. The van der Waals surface area contributed by atoms with Crippen LogP contribution in [0, 0.1) is 6.92 Å². The van der Waals surface area contributed by atoms with E-state index in [1.165, 1.54) is 18.1 Å². The number of carboxylic acids is 1. The van der Waals surface area contributed by atoms with E-state index in [-0.39, 0.29) is 5.56 Å². The number of benzene rings is 1. The molecule has 86 valence electrons. The number of hydrogen-bond donors (Lipinski definition) is 1. The van der Waals surface area contributed by atoms with Crippen molar-refractivity contribution in [2.24, 2.45) is 0 Å². The first-order valence-corrected chi connectivity index (χ1v) is 5.76. The van der Waals surface area contributed by atoms with Gasteiger partial charge in [0.25, 0.3) is 0 Å². The Hall–Kier alpha value is -1.88. The zero-order chi connectivity index (χ0) is 12.3. The molecule has 1 heterocycles. The standard InChI is InChI=1S/C12H10N2O2S/c1-8-5-11(14-7-13-8)17-10-4-2-3-9(6-10)12(15)16/h2-7H,1H3,(H,15,16). The van der Waals surface area contributed by atoms with Gasteiger partial charge >= 0.3 is 5.97 Å². The van der Waals surface area contributed by atoms with E-state index < -0.39 is 5.97 Å². The first-order chi connectivity index (χ1) is 8.15. The van der Waals surface area contributed by atoms with E-state index in [0.717, 1.165) is 15.6 Å². The second kappa shape index (κ2) is 4.97. The lowest BCUT2D eigenvalue weighted by molar-refractivity contribution is 0.0696. The molecule has 2 rings (SSSR count). The fraction of sp³-hybridized carbons (Fsp3) is 0.0833. The molecule has 1 aromatic carbocycles. The topological polar surface area (TPSA) is 63.1 Å². The summed E-state index contributed by atoms with van der Waals surface area (Å²) in [6, 6.07) is 8.63. The molecule has 1 aromatic heterocycles. The molecule has 0 amide bonds. The highest BCUT2D eigenvalue weighted by Gasteiger charge is 2.05. The van der Waals surface area contributed by atoms with Crippen molar-refractivity contribution in [3.63, 3.8) is 0 Å². The summed E-state index contributed by atoms with van der Waals surface area (Å²) >= 11 is 1.42. The molecule has 0 saturated carbocycles. The molecule has 4 nitrogen and oxygen atoms in total. The lowest BCUT2D eigenvalue weighted by Crippen LogP contribution is -1.95. The normalized spacial score (nSPS) is 10.2. The van der Waals surface area contributed by atoms with Crippen LogP contribution in [0.2, 0.25) is 0 Å². The Morgan fingerprint density at radius 2 is 2.12 bits per heavy atom. The predicted octanol–water partition coefficient (Wildman–Crippen LogP) is 2.63. The van der Waals surface area contributed by atoms with Gasteiger partial charge in [0, 0.05) is 10.6 Å². The van der Waals surface area contributed by atoms with E-state index in [1.54, 1.807) is 18.2 Å². The maximum absolute atomic E-state index is 10.8. The van der Waals surface area contributed by atoms with Crippen molar-refractivity contribution in [1.29, 1.82) is 0 Å². The van der Waals surface area contributed by atoms with E-state index >= 15 is 0 Å². The minimum atomic E-state index is -0.925. The Balaban J connectivity index is 2.24. The smallest absolute Gasteiger partial charge is 0.335 e. The summed E-state index contributed by atoms with van der Waals surface area (Å²) in [5.41, 5.74) is 1.16. The molecule has 5 heteroatoms. The van der Waals surface area contributed by atoms with Gasteiger partial charge in [0.2, 0.25) is 0 Å². The van der Waals surface area contributed by atoms with Gasteiger partial charge in [-0.15, -0.1) is 0 Å². The summed E-state index contributed by atoms with van der Waals surface area (Å²) in [5.74, 6) is -0.925. The first-order valence-electron chi connectivity index (χ1n) is 4.95. The number of aromatic carboxylic acids is 1. The second-order valence-corrected chi connectivity index (χ2v) is 4.53. The van der Waals surface area contributed by atoms with Crippen LogP contribution in [0.1, 0.15) is 16.1 Å². The van der Waals surface area contributed by atoms with Gasteiger partial charge in [0.05, 0.1) is 5.56 Å². The third-order valence-electron chi connectivity index (χ3n) is 2.08. The Labute approximate surface area is 103 Å². The van der Waals surface area contributed by atoms with Gasteiger partial charge in [-0.25, -0.2) is 14.8 Å². The Kier molecular flexibility index (Phi) is 3.39. The monoisotopic (exact) mass is 246 g/mol. The summed E-state index contributed by atoms with van der Waals surface area (Å²) in [7, 11) is 0. The molecule has 0 atom stereocenters. The number of aromatic nitrogens is 2. The van der Waals surface area contributed by atoms with Crippen LogP contribution >= 0.6 is 11.8 Å². The van der Waals surface area contributed by atoms with Gasteiger partial charge < -0.3 is 5.11 Å². The molecule has 17 heavy (non-hydrogen) atoms.